The Bertz CT molecular complexity index is 2040. The van der Waals surface area contributed by atoms with Crippen LogP contribution >= 0.6 is 7.82 Å². The largest absolute Gasteiger partial charge is 0.647 e. The van der Waals surface area contributed by atoms with Crippen molar-refractivity contribution in [3.05, 3.63) is 88.0 Å². The van der Waals surface area contributed by atoms with E-state index in [0.29, 0.717) is 17.2 Å². The van der Waals surface area contributed by atoms with Gasteiger partial charge in [-0.1, -0.05) is 389 Å². The Morgan fingerprint density at radius 3 is 0.558 bits per heavy atom. The van der Waals surface area contributed by atoms with Gasteiger partial charge in [0.1, 0.15) is 17.2 Å². The first-order valence-corrected chi connectivity index (χ1v) is 43.5. The van der Waals surface area contributed by atoms with Gasteiger partial charge in [0.05, 0.1) is 0 Å². The van der Waals surface area contributed by atoms with Gasteiger partial charge in [0.2, 0.25) is 0 Å². The van der Waals surface area contributed by atoms with Crippen LogP contribution in [0.15, 0.2) is 54.6 Å². The Morgan fingerprint density at radius 2 is 0.379 bits per heavy atom. The van der Waals surface area contributed by atoms with Crippen molar-refractivity contribution < 1.29 is 18.1 Å². The number of aryl methyl sites for hydroxylation is 6. The number of phosphoric ester groups is 1. The molecule has 0 fully saturated rings. The summed E-state index contributed by atoms with van der Waals surface area (Å²) in [6.07, 6.45) is 68.0. The second-order valence-electron chi connectivity index (χ2n) is 33.0. The topological polar surface area (TPSA) is 44.8 Å². The molecule has 0 aliphatic heterocycles. The molecule has 0 atom stereocenters. The molecule has 0 saturated heterocycles. The van der Waals surface area contributed by atoms with Gasteiger partial charge in [-0.05, 0) is 164 Å². The molecule has 0 aliphatic carbocycles. The van der Waals surface area contributed by atoms with Crippen LogP contribution in [0.2, 0.25) is 0 Å². The minimum absolute atomic E-state index is 0.658. The van der Waals surface area contributed by atoms with Crippen molar-refractivity contribution in [3.8, 4) is 17.2 Å². The third-order valence-electron chi connectivity index (χ3n) is 20.4. The predicted molar refractivity (Wildman–Crippen MR) is 422 cm³/mol. The zero-order valence-corrected chi connectivity index (χ0v) is 66.3. The summed E-state index contributed by atoms with van der Waals surface area (Å²) in [6.45, 7) is 28.2. The highest BCUT2D eigenvalue weighted by Crippen LogP contribution is 2.52. The van der Waals surface area contributed by atoms with E-state index < -0.39 is 7.82 Å². The molecule has 3 aromatic carbocycles. The van der Waals surface area contributed by atoms with Crippen molar-refractivity contribution in [2.24, 2.45) is 35.5 Å². The van der Waals surface area contributed by atoms with Crippen molar-refractivity contribution in [2.75, 3.05) is 0 Å². The smallest absolute Gasteiger partial charge is 0.386 e. The zero-order valence-electron chi connectivity index (χ0n) is 65.4. The number of unbranched alkanes of at least 4 members (excludes halogenated alkanes) is 36. The van der Waals surface area contributed by atoms with E-state index in [2.05, 4.69) is 138 Å². The van der Waals surface area contributed by atoms with Crippen molar-refractivity contribution >= 4 is 7.82 Å². The average molecular weight is 1340 g/mol. The molecule has 0 spiro atoms. The molecular formula is C90H159O4P. The Balaban J connectivity index is 2.05. The van der Waals surface area contributed by atoms with E-state index in [9.17, 15) is 0 Å². The van der Waals surface area contributed by atoms with Gasteiger partial charge in [-0.15, -0.1) is 0 Å². The molecule has 0 radical (unpaired) electrons. The average Bonchev–Trinajstić information content (AvgIpc) is 0.807. The molecule has 0 aromatic heterocycles. The summed E-state index contributed by atoms with van der Waals surface area (Å²) >= 11 is 0. The molecule has 0 amide bonds. The van der Waals surface area contributed by atoms with Crippen LogP contribution in [0.25, 0.3) is 0 Å². The molecule has 3 rings (SSSR count). The van der Waals surface area contributed by atoms with Crippen LogP contribution in [-0.4, -0.2) is 0 Å². The summed E-state index contributed by atoms with van der Waals surface area (Å²) in [5.41, 5.74) is 7.50. The minimum Gasteiger partial charge on any atom is -0.386 e. The highest BCUT2D eigenvalue weighted by atomic mass is 31.2. The van der Waals surface area contributed by atoms with Gasteiger partial charge in [-0.2, -0.15) is 4.57 Å². The molecule has 0 saturated carbocycles. The van der Waals surface area contributed by atoms with E-state index in [1.54, 1.807) is 0 Å². The summed E-state index contributed by atoms with van der Waals surface area (Å²) in [5, 5.41) is 0. The summed E-state index contributed by atoms with van der Waals surface area (Å²) < 4.78 is 37.8. The third-order valence-corrected chi connectivity index (χ3v) is 21.7. The Kier molecular flexibility index (Phi) is 51.9. The van der Waals surface area contributed by atoms with Crippen LogP contribution in [0, 0.1) is 35.5 Å². The monoisotopic (exact) mass is 1340 g/mol. The first-order valence-electron chi connectivity index (χ1n) is 42.1. The van der Waals surface area contributed by atoms with Crippen molar-refractivity contribution in [3.63, 3.8) is 0 Å². The highest BCUT2D eigenvalue weighted by Gasteiger charge is 2.36. The maximum atomic E-state index is 16.5. The van der Waals surface area contributed by atoms with Gasteiger partial charge in [-0.3, -0.25) is 0 Å². The van der Waals surface area contributed by atoms with Gasteiger partial charge < -0.3 is 13.6 Å². The lowest BCUT2D eigenvalue weighted by atomic mass is 9.98. The van der Waals surface area contributed by atoms with Crippen LogP contribution in [0.5, 0.6) is 17.2 Å². The maximum absolute atomic E-state index is 16.5. The molecule has 0 heterocycles. The highest BCUT2D eigenvalue weighted by molar-refractivity contribution is 7.49. The molecule has 0 N–H and O–H groups in total. The molecule has 548 valence electrons. The quantitative estimate of drug-likeness (QED) is 0.0417. The summed E-state index contributed by atoms with van der Waals surface area (Å²) in [5.74, 6) is 6.77. The molecular weight excluding hydrogens is 1180 g/mol. The molecule has 0 aliphatic rings. The number of phosphoric acid groups is 1. The van der Waals surface area contributed by atoms with Gasteiger partial charge >= 0.3 is 7.82 Å². The second kappa shape index (κ2) is 57.0. The Hall–Kier alpha value is -2.71. The molecule has 5 heteroatoms. The fourth-order valence-corrected chi connectivity index (χ4v) is 15.6. The number of rotatable bonds is 66. The molecule has 0 unspecified atom stereocenters. The van der Waals surface area contributed by atoms with Crippen LogP contribution in [0.3, 0.4) is 0 Å². The van der Waals surface area contributed by atoms with Crippen LogP contribution in [0.1, 0.15) is 425 Å². The fraction of sp³-hybridized carbons (Fsp3) is 0.800. The van der Waals surface area contributed by atoms with Gasteiger partial charge in [0.15, 0.2) is 0 Å². The lowest BCUT2D eigenvalue weighted by Crippen LogP contribution is -2.11. The normalized spacial score (nSPS) is 12.1. The van der Waals surface area contributed by atoms with Gasteiger partial charge in [0, 0.05) is 0 Å². The first kappa shape index (κ1) is 86.5. The van der Waals surface area contributed by atoms with Gasteiger partial charge in [0.25, 0.3) is 0 Å². The van der Waals surface area contributed by atoms with Crippen molar-refractivity contribution in [1.82, 2.24) is 0 Å². The first-order chi connectivity index (χ1) is 46.0. The van der Waals surface area contributed by atoms with Crippen LogP contribution in [0.4, 0.5) is 0 Å². The lowest BCUT2D eigenvalue weighted by molar-refractivity contribution is 0.295. The predicted octanol–water partition coefficient (Wildman–Crippen LogP) is 31.2. The number of benzene rings is 3. The van der Waals surface area contributed by atoms with E-state index in [1.807, 2.05) is 0 Å². The Labute approximate surface area is 593 Å². The lowest BCUT2D eigenvalue weighted by Gasteiger charge is -2.24. The fourth-order valence-electron chi connectivity index (χ4n) is 14.2. The Morgan fingerprint density at radius 1 is 0.221 bits per heavy atom. The van der Waals surface area contributed by atoms with Crippen molar-refractivity contribution in [1.29, 1.82) is 0 Å². The summed E-state index contributed by atoms with van der Waals surface area (Å²) in [4.78, 5) is 0. The molecule has 4 nitrogen and oxygen atoms in total. The van der Waals surface area contributed by atoms with E-state index >= 15 is 4.57 Å². The maximum Gasteiger partial charge on any atom is 0.647 e. The van der Waals surface area contributed by atoms with Crippen molar-refractivity contribution in [2.45, 2.75) is 430 Å². The third kappa shape index (κ3) is 47.9. The second-order valence-corrected chi connectivity index (χ2v) is 34.4. The summed E-state index contributed by atoms with van der Waals surface area (Å²) in [6, 6.07) is 20.3. The minimum atomic E-state index is -4.36. The van der Waals surface area contributed by atoms with Crippen LogP contribution in [-0.2, 0) is 43.1 Å². The molecule has 3 aromatic rings. The van der Waals surface area contributed by atoms with Gasteiger partial charge in [-0.25, -0.2) is 0 Å². The number of hydrogen-bond acceptors (Lipinski definition) is 4. The molecule has 95 heavy (non-hydrogen) atoms. The van der Waals surface area contributed by atoms with E-state index in [1.165, 1.54) is 306 Å². The van der Waals surface area contributed by atoms with E-state index in [-0.39, 0.29) is 0 Å². The van der Waals surface area contributed by atoms with Crippen LogP contribution < -0.4 is 13.6 Å². The standard InChI is InChI=1S/C90H159O4P/c1-76(2)55-43-31-19-13-25-37-49-61-82-67-70-88(85(73-82)64-52-40-28-16-22-34-46-58-79(7)8)92-95(91,93-89-71-68-83(62-50-38-26-14-20-32-44-56-77(3)4)74-86(89)65-53-41-29-17-23-35-47-59-80(9)10)94-90-72-69-84(63-51-39-27-15-21-33-45-57-78(5)6)75-87(90)66-54-42-30-18-24-36-48-60-81(11)12/h67-81H,13-66H2,1-12H3. The molecule has 0 bridgehead atoms. The van der Waals surface area contributed by atoms with E-state index in [0.717, 1.165) is 110 Å². The zero-order chi connectivity index (χ0) is 68.8. The SMILES string of the molecule is CC(C)CCCCCCCCCc1ccc(OP(=O)(Oc2ccc(CCCCCCCCCC(C)C)cc2CCCCCCCCCC(C)C)Oc2ccc(CCCCCCCCCC(C)C)cc2CCCCCCCCCC(C)C)c(CCCCCCCCCC(C)C)c1. The van der Waals surface area contributed by atoms with E-state index in [4.69, 9.17) is 13.6 Å². The summed E-state index contributed by atoms with van der Waals surface area (Å²) in [7, 11) is -4.36. The number of hydrogen-bond donors (Lipinski definition) is 0.